The molecule has 8 rings (SSSR count). The second kappa shape index (κ2) is 21.5. The number of alkyl halides is 12. The Labute approximate surface area is 447 Å². The van der Waals surface area contributed by atoms with Gasteiger partial charge < -0.3 is 18.9 Å². The van der Waals surface area contributed by atoms with Gasteiger partial charge in [-0.05, 0) is 144 Å². The van der Waals surface area contributed by atoms with E-state index in [1.54, 1.807) is 19.1 Å². The lowest BCUT2D eigenvalue weighted by atomic mass is 9.73. The van der Waals surface area contributed by atoms with Crippen LogP contribution in [0.15, 0.2) is 193 Å². The van der Waals surface area contributed by atoms with Crippen LogP contribution in [0.25, 0.3) is 0 Å². The molecule has 0 fully saturated rings. The van der Waals surface area contributed by atoms with E-state index in [0.717, 1.165) is 72.3 Å². The second-order valence-electron chi connectivity index (χ2n) is 17.8. The van der Waals surface area contributed by atoms with Crippen molar-refractivity contribution >= 4 is 21.7 Å². The van der Waals surface area contributed by atoms with Gasteiger partial charge in [0.05, 0.1) is 7.11 Å². The molecule has 0 bridgehead atoms. The molecule has 8 aromatic rings. The van der Waals surface area contributed by atoms with E-state index in [-0.39, 0.29) is 51.0 Å². The number of hydrogen-bond donors (Lipinski definition) is 1. The Morgan fingerprint density at radius 1 is 0.375 bits per heavy atom. The summed E-state index contributed by atoms with van der Waals surface area (Å²) in [4.78, 5) is 25.5. The maximum Gasteiger partial charge on any atom is 0.411 e. The molecular formula is C58H38F12O9S. The van der Waals surface area contributed by atoms with Gasteiger partial charge in [0, 0.05) is 22.3 Å². The highest BCUT2D eigenvalue weighted by Crippen LogP contribution is 2.58. The topological polar surface area (TPSA) is 125 Å². The van der Waals surface area contributed by atoms with Crippen molar-refractivity contribution in [3.05, 3.63) is 238 Å². The second-order valence-corrected chi connectivity index (χ2v) is 19.2. The fourth-order valence-corrected chi connectivity index (χ4v) is 9.49. The molecule has 0 aliphatic heterocycles. The van der Waals surface area contributed by atoms with E-state index in [2.05, 4.69) is 0 Å². The zero-order valence-electron chi connectivity index (χ0n) is 41.1. The van der Waals surface area contributed by atoms with Gasteiger partial charge in [0.25, 0.3) is 10.1 Å². The highest BCUT2D eigenvalue weighted by molar-refractivity contribution is 7.86. The van der Waals surface area contributed by atoms with Gasteiger partial charge in [-0.3, -0.25) is 14.1 Å². The van der Waals surface area contributed by atoms with Crippen LogP contribution in [-0.4, -0.2) is 56.4 Å². The summed E-state index contributed by atoms with van der Waals surface area (Å²) in [6.07, 6.45) is -23.7. The summed E-state index contributed by atoms with van der Waals surface area (Å²) >= 11 is 0. The Morgan fingerprint density at radius 2 is 0.637 bits per heavy atom. The third-order valence-corrected chi connectivity index (χ3v) is 13.7. The standard InChI is InChI=1S/C58H38F12O9S/c1-34-3-5-35(6-4-34)52(72)38-11-32-49(50(33-38)80(73,74)75)79-48-30-18-42(19-31-48)54(57(65,66)67,58(68,69)70)41-16-28-47(29-17-41)78-45-22-9-37(10-23-45)51(71)36-7-20-44(21-8-36)77-46-26-14-40(15-27-46)53(55(59,60)61,56(62,63)64)39-12-24-43(76-2)25-13-39/h3-33H,1-2H3,(H,73,74,75). The van der Waals surface area contributed by atoms with Crippen molar-refractivity contribution in [2.24, 2.45) is 0 Å². The maximum absolute atomic E-state index is 15.1. The van der Waals surface area contributed by atoms with Crippen LogP contribution < -0.4 is 18.9 Å². The van der Waals surface area contributed by atoms with Crippen molar-refractivity contribution < 1.29 is 94.2 Å². The number of carbonyl (C=O) groups excluding carboxylic acids is 2. The first kappa shape index (κ1) is 57.5. The van der Waals surface area contributed by atoms with E-state index in [1.165, 1.54) is 67.8 Å². The van der Waals surface area contributed by atoms with Crippen LogP contribution in [0.3, 0.4) is 0 Å². The van der Waals surface area contributed by atoms with Gasteiger partial charge in [0.1, 0.15) is 45.1 Å². The Bertz CT molecular complexity index is 3610. The van der Waals surface area contributed by atoms with Crippen LogP contribution in [0.4, 0.5) is 52.7 Å². The predicted octanol–water partition coefficient (Wildman–Crippen LogP) is 15.9. The quantitative estimate of drug-likeness (QED) is 0.0572. The van der Waals surface area contributed by atoms with Crippen LogP contribution in [0.1, 0.15) is 59.7 Å². The first-order valence-electron chi connectivity index (χ1n) is 23.2. The monoisotopic (exact) mass is 1140 g/mol. The number of rotatable bonds is 16. The van der Waals surface area contributed by atoms with Crippen LogP contribution in [0, 0.1) is 6.92 Å². The zero-order chi connectivity index (χ0) is 58.2. The minimum atomic E-state index is -6.02. The first-order valence-corrected chi connectivity index (χ1v) is 24.7. The highest BCUT2D eigenvalue weighted by Gasteiger charge is 2.73. The molecule has 0 saturated heterocycles. The van der Waals surface area contributed by atoms with Crippen molar-refractivity contribution in [3.63, 3.8) is 0 Å². The van der Waals surface area contributed by atoms with Gasteiger partial charge in [0.15, 0.2) is 11.6 Å². The van der Waals surface area contributed by atoms with Gasteiger partial charge in [-0.1, -0.05) is 78.4 Å². The normalized spacial score (nSPS) is 12.6. The summed E-state index contributed by atoms with van der Waals surface area (Å²) in [7, 11) is -3.91. The summed E-state index contributed by atoms with van der Waals surface area (Å²) in [5, 5.41) is 0. The molecule has 1 N–H and O–H groups in total. The number of halogens is 12. The molecule has 0 unspecified atom stereocenters. The summed E-state index contributed by atoms with van der Waals surface area (Å²) in [5.74, 6) is -2.47. The van der Waals surface area contributed by atoms with Gasteiger partial charge in [0.2, 0.25) is 10.8 Å². The lowest BCUT2D eigenvalue weighted by Crippen LogP contribution is -2.54. The van der Waals surface area contributed by atoms with E-state index in [0.29, 0.717) is 48.5 Å². The van der Waals surface area contributed by atoms with Crippen molar-refractivity contribution in [2.45, 2.75) is 47.4 Å². The fourth-order valence-electron chi connectivity index (χ4n) is 8.85. The highest BCUT2D eigenvalue weighted by atomic mass is 32.2. The largest absolute Gasteiger partial charge is 0.497 e. The lowest BCUT2D eigenvalue weighted by molar-refractivity contribution is -0.290. The Balaban J connectivity index is 0.950. The minimum absolute atomic E-state index is 0.00827. The third-order valence-electron chi connectivity index (χ3n) is 12.8. The van der Waals surface area contributed by atoms with Gasteiger partial charge in [-0.15, -0.1) is 0 Å². The molecular weight excluding hydrogens is 1100 g/mol. The molecule has 9 nitrogen and oxygen atoms in total. The SMILES string of the molecule is COc1ccc(C(c2ccc(Oc3ccc(C(=O)c4ccc(Oc5ccc(C(c6ccc(Oc7ccc(C(=O)c8ccc(C)cc8)cc7S(=O)(=O)O)cc6)(C(F)(F)F)C(F)(F)F)cc5)cc4)cc3)cc2)(C(F)(F)F)C(F)(F)F)cc1. The molecule has 0 aliphatic rings. The third kappa shape index (κ3) is 11.2. The number of hydrogen-bond acceptors (Lipinski definition) is 8. The summed E-state index contributed by atoms with van der Waals surface area (Å²) in [6, 6.07) is 31.4. The minimum Gasteiger partial charge on any atom is -0.497 e. The molecule has 22 heteroatoms. The van der Waals surface area contributed by atoms with Crippen molar-refractivity contribution in [1.29, 1.82) is 0 Å². The molecule has 0 atom stereocenters. The van der Waals surface area contributed by atoms with Crippen LogP contribution in [0.5, 0.6) is 40.2 Å². The summed E-state index contributed by atoms with van der Waals surface area (Å²) < 4.78 is 234. The molecule has 0 heterocycles. The van der Waals surface area contributed by atoms with Crippen LogP contribution in [0.2, 0.25) is 0 Å². The number of aryl methyl sites for hydroxylation is 1. The summed E-state index contributed by atoms with van der Waals surface area (Å²) in [5.41, 5.74) is -12.9. The van der Waals surface area contributed by atoms with E-state index in [9.17, 15) is 48.9 Å². The Hall–Kier alpha value is -8.63. The molecule has 0 aliphatic carbocycles. The van der Waals surface area contributed by atoms with Gasteiger partial charge in [-0.25, -0.2) is 0 Å². The Kier molecular flexibility index (Phi) is 15.5. The molecule has 0 spiro atoms. The predicted molar refractivity (Wildman–Crippen MR) is 266 cm³/mol. The van der Waals surface area contributed by atoms with Gasteiger partial charge >= 0.3 is 24.7 Å². The first-order chi connectivity index (χ1) is 37.5. The van der Waals surface area contributed by atoms with E-state index >= 15 is 26.3 Å². The Morgan fingerprint density at radius 3 is 0.938 bits per heavy atom. The summed E-state index contributed by atoms with van der Waals surface area (Å²) in [6.45, 7) is 1.77. The average Bonchev–Trinajstić information content (AvgIpc) is 3.40. The number of benzene rings is 8. The smallest absolute Gasteiger partial charge is 0.411 e. The number of ether oxygens (including phenoxy) is 4. The van der Waals surface area contributed by atoms with E-state index in [1.807, 2.05) is 0 Å². The number of ketones is 2. The molecule has 414 valence electrons. The average molecular weight is 1140 g/mol. The molecule has 80 heavy (non-hydrogen) atoms. The van der Waals surface area contributed by atoms with Gasteiger partial charge in [-0.2, -0.15) is 61.1 Å². The fraction of sp³-hybridized carbons (Fsp3) is 0.138. The molecule has 0 radical (unpaired) electrons. The zero-order valence-corrected chi connectivity index (χ0v) is 41.9. The molecule has 0 amide bonds. The van der Waals surface area contributed by atoms with Crippen molar-refractivity contribution in [3.8, 4) is 40.2 Å². The lowest BCUT2D eigenvalue weighted by Gasteiger charge is -2.38. The van der Waals surface area contributed by atoms with E-state index in [4.69, 9.17) is 18.9 Å². The van der Waals surface area contributed by atoms with Crippen LogP contribution in [-0.2, 0) is 20.9 Å². The number of carbonyl (C=O) groups is 2. The van der Waals surface area contributed by atoms with E-state index < -0.39 is 95.9 Å². The molecule has 0 saturated carbocycles. The molecule has 8 aromatic carbocycles. The van der Waals surface area contributed by atoms with Crippen molar-refractivity contribution in [1.82, 2.24) is 0 Å². The maximum atomic E-state index is 15.1. The van der Waals surface area contributed by atoms with Crippen molar-refractivity contribution in [2.75, 3.05) is 7.11 Å². The number of methoxy groups -OCH3 is 1. The van der Waals surface area contributed by atoms with Crippen LogP contribution >= 0.6 is 0 Å². The molecule has 0 aromatic heterocycles.